The lowest BCUT2D eigenvalue weighted by molar-refractivity contribution is -0.117. The molecule has 150 valence electrons. The van der Waals surface area contributed by atoms with Crippen LogP contribution in [-0.2, 0) is 11.3 Å². The number of nitrogens with zero attached hydrogens (tertiary/aromatic N) is 4. The number of amides is 2. The topological polar surface area (TPSA) is 102 Å². The molecule has 8 nitrogen and oxygen atoms in total. The molecule has 2 aromatic heterocycles. The van der Waals surface area contributed by atoms with Crippen molar-refractivity contribution < 1.29 is 9.59 Å². The van der Waals surface area contributed by atoms with Gasteiger partial charge in [-0.15, -0.1) is 21.5 Å². The zero-order chi connectivity index (χ0) is 20.9. The van der Waals surface area contributed by atoms with Gasteiger partial charge in [0.05, 0.1) is 4.88 Å². The summed E-state index contributed by atoms with van der Waals surface area (Å²) in [6, 6.07) is 18.3. The van der Waals surface area contributed by atoms with E-state index in [1.807, 2.05) is 54.8 Å². The fourth-order valence-corrected chi connectivity index (χ4v) is 3.39. The second-order valence-corrected chi connectivity index (χ2v) is 7.47. The van der Waals surface area contributed by atoms with Crippen molar-refractivity contribution in [2.75, 3.05) is 10.6 Å². The Hall–Kier alpha value is -3.85. The van der Waals surface area contributed by atoms with Crippen molar-refractivity contribution in [1.82, 2.24) is 20.2 Å². The SMILES string of the molecule is Cc1ccc(NC(=O)Cn2nnc(-c3ccccc3)n2)cc1NC(=O)c1cccs1. The highest BCUT2D eigenvalue weighted by atomic mass is 32.1. The van der Waals surface area contributed by atoms with Crippen molar-refractivity contribution in [1.29, 1.82) is 0 Å². The first kappa shape index (κ1) is 19.5. The smallest absolute Gasteiger partial charge is 0.265 e. The van der Waals surface area contributed by atoms with Gasteiger partial charge in [0.15, 0.2) is 0 Å². The number of hydrogen-bond acceptors (Lipinski definition) is 6. The van der Waals surface area contributed by atoms with Crippen LogP contribution in [0.5, 0.6) is 0 Å². The van der Waals surface area contributed by atoms with E-state index in [1.165, 1.54) is 16.1 Å². The lowest BCUT2D eigenvalue weighted by Crippen LogP contribution is -2.20. The fraction of sp³-hybridized carbons (Fsp3) is 0.0952. The van der Waals surface area contributed by atoms with Crippen LogP contribution in [0.3, 0.4) is 0 Å². The van der Waals surface area contributed by atoms with Gasteiger partial charge in [0.25, 0.3) is 5.91 Å². The van der Waals surface area contributed by atoms with Crippen LogP contribution < -0.4 is 10.6 Å². The first-order valence-corrected chi connectivity index (χ1v) is 10.0. The highest BCUT2D eigenvalue weighted by Crippen LogP contribution is 2.22. The van der Waals surface area contributed by atoms with Gasteiger partial charge < -0.3 is 10.6 Å². The summed E-state index contributed by atoms with van der Waals surface area (Å²) in [5.74, 6) is -0.0273. The average Bonchev–Trinajstić information content (AvgIpc) is 3.43. The minimum absolute atomic E-state index is 0.0788. The molecule has 30 heavy (non-hydrogen) atoms. The van der Waals surface area contributed by atoms with Crippen LogP contribution in [0.25, 0.3) is 11.4 Å². The molecule has 0 saturated heterocycles. The average molecular weight is 418 g/mol. The van der Waals surface area contributed by atoms with E-state index in [2.05, 4.69) is 26.0 Å². The Balaban J connectivity index is 1.41. The molecule has 0 radical (unpaired) electrons. The van der Waals surface area contributed by atoms with Crippen LogP contribution in [0.2, 0.25) is 0 Å². The van der Waals surface area contributed by atoms with Gasteiger partial charge in [0, 0.05) is 16.9 Å². The molecule has 0 aliphatic rings. The lowest BCUT2D eigenvalue weighted by Gasteiger charge is -2.11. The number of nitrogens with one attached hydrogen (secondary N) is 2. The van der Waals surface area contributed by atoms with Gasteiger partial charge in [-0.2, -0.15) is 4.80 Å². The molecule has 4 aromatic rings. The Labute approximate surface area is 176 Å². The predicted octanol–water partition coefficient (Wildman–Crippen LogP) is 3.60. The highest BCUT2D eigenvalue weighted by Gasteiger charge is 2.12. The first-order chi connectivity index (χ1) is 14.6. The number of rotatable bonds is 6. The van der Waals surface area contributed by atoms with Crippen molar-refractivity contribution in [2.24, 2.45) is 0 Å². The van der Waals surface area contributed by atoms with E-state index in [4.69, 9.17) is 0 Å². The van der Waals surface area contributed by atoms with Crippen LogP contribution in [-0.4, -0.2) is 32.0 Å². The molecule has 2 heterocycles. The summed E-state index contributed by atoms with van der Waals surface area (Å²) >= 11 is 1.37. The lowest BCUT2D eigenvalue weighted by atomic mass is 10.1. The number of carbonyl (C=O) groups is 2. The van der Waals surface area contributed by atoms with Crippen LogP contribution >= 0.6 is 11.3 Å². The van der Waals surface area contributed by atoms with Crippen molar-refractivity contribution in [3.63, 3.8) is 0 Å². The molecule has 0 fully saturated rings. The minimum Gasteiger partial charge on any atom is -0.324 e. The summed E-state index contributed by atoms with van der Waals surface area (Å²) in [6.45, 7) is 1.81. The van der Waals surface area contributed by atoms with E-state index in [9.17, 15) is 9.59 Å². The third-order valence-corrected chi connectivity index (χ3v) is 5.15. The van der Waals surface area contributed by atoms with Gasteiger partial charge in [-0.05, 0) is 41.3 Å². The summed E-state index contributed by atoms with van der Waals surface area (Å²) < 4.78 is 0. The van der Waals surface area contributed by atoms with Crippen LogP contribution in [0.1, 0.15) is 15.2 Å². The number of hydrogen-bond donors (Lipinski definition) is 2. The number of anilines is 2. The molecule has 0 atom stereocenters. The van der Waals surface area contributed by atoms with E-state index in [0.717, 1.165) is 11.1 Å². The van der Waals surface area contributed by atoms with E-state index >= 15 is 0 Å². The van der Waals surface area contributed by atoms with Crippen molar-refractivity contribution in [2.45, 2.75) is 13.5 Å². The minimum atomic E-state index is -0.300. The number of aryl methyl sites for hydroxylation is 1. The monoisotopic (exact) mass is 418 g/mol. The van der Waals surface area contributed by atoms with Gasteiger partial charge in [0.2, 0.25) is 11.7 Å². The number of aromatic nitrogens is 4. The summed E-state index contributed by atoms with van der Waals surface area (Å²) in [6.07, 6.45) is 0. The molecule has 4 rings (SSSR count). The molecule has 0 spiro atoms. The molecular formula is C21H18N6O2S. The summed E-state index contributed by atoms with van der Waals surface area (Å²) in [4.78, 5) is 26.6. The maximum Gasteiger partial charge on any atom is 0.265 e. The van der Waals surface area contributed by atoms with Crippen molar-refractivity contribution in [3.05, 3.63) is 76.5 Å². The Kier molecular flexibility index (Phi) is 5.62. The predicted molar refractivity (Wildman–Crippen MR) is 115 cm³/mol. The van der Waals surface area contributed by atoms with Gasteiger partial charge in [-0.3, -0.25) is 9.59 Å². The van der Waals surface area contributed by atoms with Crippen LogP contribution in [0, 0.1) is 6.92 Å². The maximum absolute atomic E-state index is 12.4. The fourth-order valence-electron chi connectivity index (χ4n) is 2.77. The Bertz CT molecular complexity index is 1170. The van der Waals surface area contributed by atoms with E-state index in [-0.39, 0.29) is 18.4 Å². The molecular weight excluding hydrogens is 400 g/mol. The first-order valence-electron chi connectivity index (χ1n) is 9.17. The number of thiophene rings is 1. The summed E-state index contributed by atoms with van der Waals surface area (Å²) in [5.41, 5.74) is 2.92. The second kappa shape index (κ2) is 8.66. The third kappa shape index (κ3) is 4.58. The van der Waals surface area contributed by atoms with Gasteiger partial charge in [-0.1, -0.05) is 42.5 Å². The molecule has 0 saturated carbocycles. The van der Waals surface area contributed by atoms with Crippen molar-refractivity contribution in [3.8, 4) is 11.4 Å². The third-order valence-electron chi connectivity index (χ3n) is 4.28. The standard InChI is InChI=1S/C21H18N6O2S/c1-14-9-10-16(12-17(14)23-21(29)18-8-5-11-30-18)22-19(28)13-27-25-20(24-26-27)15-6-3-2-4-7-15/h2-12H,13H2,1H3,(H,22,28)(H,23,29). The quantitative estimate of drug-likeness (QED) is 0.498. The molecule has 0 aliphatic carbocycles. The summed E-state index contributed by atoms with van der Waals surface area (Å²) in [7, 11) is 0. The number of tetrazole rings is 1. The number of benzene rings is 2. The zero-order valence-corrected chi connectivity index (χ0v) is 16.9. The number of carbonyl (C=O) groups excluding carboxylic acids is 2. The molecule has 0 aliphatic heterocycles. The molecule has 2 N–H and O–H groups in total. The van der Waals surface area contributed by atoms with Gasteiger partial charge in [-0.25, -0.2) is 0 Å². The highest BCUT2D eigenvalue weighted by molar-refractivity contribution is 7.12. The molecule has 2 amide bonds. The normalized spacial score (nSPS) is 10.6. The second-order valence-electron chi connectivity index (χ2n) is 6.52. The largest absolute Gasteiger partial charge is 0.324 e. The molecule has 2 aromatic carbocycles. The molecule has 9 heteroatoms. The maximum atomic E-state index is 12.4. The molecule has 0 unspecified atom stereocenters. The van der Waals surface area contributed by atoms with E-state index in [0.29, 0.717) is 22.1 Å². The Morgan fingerprint density at radius 3 is 2.63 bits per heavy atom. The summed E-state index contributed by atoms with van der Waals surface area (Å²) in [5, 5.41) is 19.7. The van der Waals surface area contributed by atoms with Crippen LogP contribution in [0.15, 0.2) is 66.0 Å². The Morgan fingerprint density at radius 2 is 1.87 bits per heavy atom. The van der Waals surface area contributed by atoms with Crippen molar-refractivity contribution >= 4 is 34.5 Å². The van der Waals surface area contributed by atoms with Crippen LogP contribution in [0.4, 0.5) is 11.4 Å². The van der Waals surface area contributed by atoms with E-state index < -0.39 is 0 Å². The van der Waals surface area contributed by atoms with E-state index in [1.54, 1.807) is 18.2 Å². The zero-order valence-electron chi connectivity index (χ0n) is 16.1. The molecule has 0 bridgehead atoms. The van der Waals surface area contributed by atoms with Gasteiger partial charge in [0.1, 0.15) is 6.54 Å². The van der Waals surface area contributed by atoms with Gasteiger partial charge >= 0.3 is 0 Å². The Morgan fingerprint density at radius 1 is 1.03 bits per heavy atom.